The highest BCUT2D eigenvalue weighted by Gasteiger charge is 2.18. The Morgan fingerprint density at radius 3 is 2.00 bits per heavy atom. The van der Waals surface area contributed by atoms with E-state index in [2.05, 4.69) is 0 Å². The van der Waals surface area contributed by atoms with Gasteiger partial charge in [0.2, 0.25) is 0 Å². The second-order valence-electron chi connectivity index (χ2n) is 2.08. The molecule has 5 N–H and O–H groups in total. The number of hydrogen-bond donors (Lipinski definition) is 4. The molecule has 0 fully saturated rings. The highest BCUT2D eigenvalue weighted by Crippen LogP contribution is 1.94. The molecule has 0 spiro atoms. The van der Waals surface area contributed by atoms with Gasteiger partial charge < -0.3 is 21.1 Å². The Morgan fingerprint density at radius 1 is 1.44 bits per heavy atom. The van der Waals surface area contributed by atoms with Crippen molar-refractivity contribution >= 4 is 0 Å². The SMILES string of the molecule is CC(O)[C@@H](O)C(N)CO. The second kappa shape index (κ2) is 3.79. The maximum Gasteiger partial charge on any atom is 0.0969 e. The van der Waals surface area contributed by atoms with Crippen LogP contribution in [0.3, 0.4) is 0 Å². The quantitative estimate of drug-likeness (QED) is 0.362. The highest BCUT2D eigenvalue weighted by atomic mass is 16.3. The minimum atomic E-state index is -1.03. The maximum atomic E-state index is 8.86. The van der Waals surface area contributed by atoms with Crippen LogP contribution < -0.4 is 5.73 Å². The van der Waals surface area contributed by atoms with Gasteiger partial charge >= 0.3 is 0 Å². The fourth-order valence-corrected chi connectivity index (χ4v) is 0.466. The predicted molar refractivity (Wildman–Crippen MR) is 32.7 cm³/mol. The molecule has 0 saturated carbocycles. The van der Waals surface area contributed by atoms with Crippen LogP contribution >= 0.6 is 0 Å². The van der Waals surface area contributed by atoms with E-state index in [1.54, 1.807) is 0 Å². The molecule has 3 atom stereocenters. The smallest absolute Gasteiger partial charge is 0.0969 e. The fourth-order valence-electron chi connectivity index (χ4n) is 0.466. The van der Waals surface area contributed by atoms with Crippen LogP contribution in [0.1, 0.15) is 6.92 Å². The minimum absolute atomic E-state index is 0.313. The van der Waals surface area contributed by atoms with Crippen molar-refractivity contribution in [1.82, 2.24) is 0 Å². The molecule has 0 radical (unpaired) electrons. The molecule has 0 aromatic carbocycles. The summed E-state index contributed by atoms with van der Waals surface area (Å²) in [6, 6.07) is -0.745. The van der Waals surface area contributed by atoms with E-state index < -0.39 is 18.2 Å². The Morgan fingerprint density at radius 2 is 1.89 bits per heavy atom. The molecule has 0 aliphatic carbocycles. The van der Waals surface area contributed by atoms with Gasteiger partial charge in [-0.3, -0.25) is 0 Å². The Bertz CT molecular complexity index is 76.6. The van der Waals surface area contributed by atoms with Crippen LogP contribution in [0, 0.1) is 0 Å². The lowest BCUT2D eigenvalue weighted by molar-refractivity contribution is 0.00296. The molecule has 0 bridgehead atoms. The van der Waals surface area contributed by atoms with E-state index in [0.717, 1.165) is 0 Å². The zero-order valence-electron chi connectivity index (χ0n) is 5.36. The van der Waals surface area contributed by atoms with E-state index in [4.69, 9.17) is 21.1 Å². The first-order valence-electron chi connectivity index (χ1n) is 2.82. The van der Waals surface area contributed by atoms with Crippen molar-refractivity contribution in [3.05, 3.63) is 0 Å². The average Bonchev–Trinajstić information content (AvgIpc) is 1.84. The van der Waals surface area contributed by atoms with E-state index in [-0.39, 0.29) is 6.61 Å². The van der Waals surface area contributed by atoms with E-state index in [0.29, 0.717) is 0 Å². The summed E-state index contributed by atoms with van der Waals surface area (Å²) >= 11 is 0. The Balaban J connectivity index is 3.58. The number of aliphatic hydroxyl groups excluding tert-OH is 3. The van der Waals surface area contributed by atoms with Crippen molar-refractivity contribution < 1.29 is 15.3 Å². The molecule has 4 nitrogen and oxygen atoms in total. The van der Waals surface area contributed by atoms with Gasteiger partial charge in [0, 0.05) is 0 Å². The van der Waals surface area contributed by atoms with Gasteiger partial charge in [0.15, 0.2) is 0 Å². The molecule has 0 heterocycles. The van der Waals surface area contributed by atoms with Crippen LogP contribution in [-0.2, 0) is 0 Å². The monoisotopic (exact) mass is 135 g/mol. The van der Waals surface area contributed by atoms with Crippen LogP contribution in [0.25, 0.3) is 0 Å². The zero-order valence-corrected chi connectivity index (χ0v) is 5.36. The largest absolute Gasteiger partial charge is 0.395 e. The van der Waals surface area contributed by atoms with Gasteiger partial charge in [-0.2, -0.15) is 0 Å². The molecule has 2 unspecified atom stereocenters. The molecular weight excluding hydrogens is 122 g/mol. The minimum Gasteiger partial charge on any atom is -0.395 e. The van der Waals surface area contributed by atoms with E-state index >= 15 is 0 Å². The summed E-state index contributed by atoms with van der Waals surface area (Å²) in [5.74, 6) is 0. The zero-order chi connectivity index (χ0) is 7.44. The van der Waals surface area contributed by atoms with E-state index in [1.165, 1.54) is 6.92 Å². The lowest BCUT2D eigenvalue weighted by Crippen LogP contribution is -2.44. The molecule has 0 aliphatic rings. The molecule has 0 aromatic heterocycles. The summed E-state index contributed by atoms with van der Waals surface area (Å²) in [6.45, 7) is 1.10. The van der Waals surface area contributed by atoms with Crippen molar-refractivity contribution in [2.75, 3.05) is 6.61 Å². The van der Waals surface area contributed by atoms with Gasteiger partial charge in [0.05, 0.1) is 24.9 Å². The highest BCUT2D eigenvalue weighted by molar-refractivity contribution is 4.74. The number of rotatable bonds is 3. The summed E-state index contributed by atoms with van der Waals surface area (Å²) < 4.78 is 0. The number of hydrogen-bond acceptors (Lipinski definition) is 4. The summed E-state index contributed by atoms with van der Waals surface area (Å²) in [5.41, 5.74) is 5.16. The Hall–Kier alpha value is -0.160. The summed E-state index contributed by atoms with van der Waals surface area (Å²) in [7, 11) is 0. The lowest BCUT2D eigenvalue weighted by Gasteiger charge is -2.18. The van der Waals surface area contributed by atoms with Gasteiger partial charge in [0.1, 0.15) is 0 Å². The second-order valence-corrected chi connectivity index (χ2v) is 2.08. The Labute approximate surface area is 53.9 Å². The first kappa shape index (κ1) is 8.84. The molecule has 0 amide bonds. The molecule has 0 aromatic rings. The van der Waals surface area contributed by atoms with Crippen LogP contribution in [0.2, 0.25) is 0 Å². The van der Waals surface area contributed by atoms with Crippen molar-refractivity contribution in [1.29, 1.82) is 0 Å². The van der Waals surface area contributed by atoms with Gasteiger partial charge in [-0.05, 0) is 6.92 Å². The van der Waals surface area contributed by atoms with E-state index in [9.17, 15) is 0 Å². The number of aliphatic hydroxyl groups is 3. The lowest BCUT2D eigenvalue weighted by atomic mass is 10.1. The third kappa shape index (κ3) is 2.76. The maximum absolute atomic E-state index is 8.86. The normalized spacial score (nSPS) is 21.0. The van der Waals surface area contributed by atoms with Gasteiger partial charge in [0.25, 0.3) is 0 Å². The number of nitrogens with two attached hydrogens (primary N) is 1. The first-order valence-corrected chi connectivity index (χ1v) is 2.82. The average molecular weight is 135 g/mol. The van der Waals surface area contributed by atoms with Crippen LogP contribution in [-0.4, -0.2) is 40.2 Å². The van der Waals surface area contributed by atoms with Crippen molar-refractivity contribution in [3.63, 3.8) is 0 Å². The van der Waals surface area contributed by atoms with Crippen LogP contribution in [0.4, 0.5) is 0 Å². The summed E-state index contributed by atoms with van der Waals surface area (Å²) in [5, 5.41) is 25.9. The molecule has 0 aliphatic heterocycles. The summed E-state index contributed by atoms with van der Waals surface area (Å²) in [4.78, 5) is 0. The molecule has 9 heavy (non-hydrogen) atoms. The standard InChI is InChI=1S/C5H13NO3/c1-3(8)5(9)4(6)2-7/h3-5,7-9H,2,6H2,1H3/t3?,4?,5-/m1/s1. The first-order chi connectivity index (χ1) is 4.09. The van der Waals surface area contributed by atoms with Crippen LogP contribution in [0.15, 0.2) is 0 Å². The third-order valence-electron chi connectivity index (χ3n) is 1.14. The Kier molecular flexibility index (Phi) is 3.72. The van der Waals surface area contributed by atoms with Crippen molar-refractivity contribution in [3.8, 4) is 0 Å². The van der Waals surface area contributed by atoms with E-state index in [1.807, 2.05) is 0 Å². The molecule has 56 valence electrons. The topological polar surface area (TPSA) is 86.7 Å². The molecule has 0 rings (SSSR count). The third-order valence-corrected chi connectivity index (χ3v) is 1.14. The van der Waals surface area contributed by atoms with Crippen molar-refractivity contribution in [2.24, 2.45) is 5.73 Å². The van der Waals surface area contributed by atoms with Gasteiger partial charge in [-0.25, -0.2) is 0 Å². The summed E-state index contributed by atoms with van der Waals surface area (Å²) in [6.07, 6.45) is -1.91. The van der Waals surface area contributed by atoms with Gasteiger partial charge in [-0.1, -0.05) is 0 Å². The fraction of sp³-hybridized carbons (Fsp3) is 1.00. The van der Waals surface area contributed by atoms with Crippen LogP contribution in [0.5, 0.6) is 0 Å². The van der Waals surface area contributed by atoms with Gasteiger partial charge in [-0.15, -0.1) is 0 Å². The molecular formula is C5H13NO3. The predicted octanol–water partition coefficient (Wildman–Crippen LogP) is -1.95. The molecule has 0 saturated heterocycles. The molecule has 4 heteroatoms. The van der Waals surface area contributed by atoms with Crippen molar-refractivity contribution in [2.45, 2.75) is 25.2 Å².